The molecule has 1 aromatic carbocycles. The highest BCUT2D eigenvalue weighted by atomic mass is 16.3. The van der Waals surface area contributed by atoms with Gasteiger partial charge in [0.2, 0.25) is 5.91 Å². The van der Waals surface area contributed by atoms with Gasteiger partial charge in [0.1, 0.15) is 5.58 Å². The Kier molecular flexibility index (Phi) is 4.11. The highest BCUT2D eigenvalue weighted by molar-refractivity contribution is 5.89. The number of rotatable bonds is 4. The van der Waals surface area contributed by atoms with E-state index in [-0.39, 0.29) is 11.9 Å². The lowest BCUT2D eigenvalue weighted by molar-refractivity contribution is -0.134. The summed E-state index contributed by atoms with van der Waals surface area (Å²) in [5.74, 6) is 0.250. The average molecular weight is 325 g/mol. The highest BCUT2D eigenvalue weighted by Crippen LogP contribution is 2.31. The third-order valence-electron chi connectivity index (χ3n) is 5.77. The molecule has 3 heteroatoms. The van der Waals surface area contributed by atoms with Gasteiger partial charge in [0.25, 0.3) is 0 Å². The summed E-state index contributed by atoms with van der Waals surface area (Å²) in [6, 6.07) is 5.14. The number of furan rings is 1. The maximum absolute atomic E-state index is 13.0. The number of fused-ring (bicyclic) bond motifs is 2. The maximum Gasteiger partial charge on any atom is 0.227 e. The number of amides is 1. The molecule has 2 aliphatic rings. The van der Waals surface area contributed by atoms with Crippen LogP contribution in [0.5, 0.6) is 0 Å². The molecule has 0 atom stereocenters. The van der Waals surface area contributed by atoms with Crippen LogP contribution in [-0.4, -0.2) is 22.9 Å². The van der Waals surface area contributed by atoms with Gasteiger partial charge >= 0.3 is 0 Å². The zero-order valence-electron chi connectivity index (χ0n) is 14.8. The normalized spacial score (nSPS) is 17.8. The van der Waals surface area contributed by atoms with Gasteiger partial charge in [-0.25, -0.2) is 0 Å². The van der Waals surface area contributed by atoms with Crippen LogP contribution in [0.25, 0.3) is 11.0 Å². The van der Waals surface area contributed by atoms with Crippen LogP contribution >= 0.6 is 0 Å². The molecule has 4 rings (SSSR count). The van der Waals surface area contributed by atoms with Crippen molar-refractivity contribution in [1.29, 1.82) is 0 Å². The Balaban J connectivity index is 1.59. The van der Waals surface area contributed by atoms with Gasteiger partial charge in [-0.1, -0.05) is 12.8 Å². The Morgan fingerprint density at radius 1 is 1.17 bits per heavy atom. The molecule has 0 spiro atoms. The van der Waals surface area contributed by atoms with Crippen LogP contribution in [0.1, 0.15) is 62.6 Å². The molecule has 24 heavy (non-hydrogen) atoms. The van der Waals surface area contributed by atoms with Gasteiger partial charge in [-0.15, -0.1) is 0 Å². The lowest BCUT2D eigenvalue weighted by atomic mass is 10.0. The molecule has 1 heterocycles. The number of nitrogens with zero attached hydrogens (tertiary/aromatic N) is 1. The van der Waals surface area contributed by atoms with Crippen molar-refractivity contribution >= 4 is 16.9 Å². The Labute approximate surface area is 144 Å². The van der Waals surface area contributed by atoms with Gasteiger partial charge in [0, 0.05) is 23.0 Å². The van der Waals surface area contributed by atoms with E-state index in [1.807, 2.05) is 0 Å². The predicted molar refractivity (Wildman–Crippen MR) is 96.2 cm³/mol. The molecule has 1 amide bonds. The second kappa shape index (κ2) is 6.27. The molecule has 0 bridgehead atoms. The molecule has 1 aromatic heterocycles. The first-order chi connectivity index (χ1) is 11.6. The smallest absolute Gasteiger partial charge is 0.227 e. The minimum atomic E-state index is 0.250. The second-order valence-electron chi connectivity index (χ2n) is 7.74. The number of hydrogen-bond acceptors (Lipinski definition) is 2. The van der Waals surface area contributed by atoms with Gasteiger partial charge in [0.05, 0.1) is 12.7 Å². The van der Waals surface area contributed by atoms with Crippen LogP contribution in [0.3, 0.4) is 0 Å². The summed E-state index contributed by atoms with van der Waals surface area (Å²) in [5, 5.41) is 1.14. The van der Waals surface area contributed by atoms with Crippen LogP contribution in [0.4, 0.5) is 0 Å². The van der Waals surface area contributed by atoms with Gasteiger partial charge in [-0.2, -0.15) is 0 Å². The number of carbonyl (C=O) groups excluding carboxylic acids is 1. The van der Waals surface area contributed by atoms with Crippen LogP contribution in [0, 0.1) is 0 Å². The van der Waals surface area contributed by atoms with E-state index in [2.05, 4.69) is 30.9 Å². The topological polar surface area (TPSA) is 33.5 Å². The first-order valence-electron chi connectivity index (χ1n) is 9.46. The summed E-state index contributed by atoms with van der Waals surface area (Å²) in [6.07, 6.45) is 10.6. The maximum atomic E-state index is 13.0. The number of benzene rings is 1. The molecule has 2 aliphatic carbocycles. The lowest BCUT2D eigenvalue weighted by Crippen LogP contribution is -2.44. The van der Waals surface area contributed by atoms with Gasteiger partial charge in [0.15, 0.2) is 0 Å². The lowest BCUT2D eigenvalue weighted by Gasteiger charge is -2.33. The fourth-order valence-corrected chi connectivity index (χ4v) is 4.63. The molecule has 0 N–H and O–H groups in total. The molecule has 0 aliphatic heterocycles. The first kappa shape index (κ1) is 15.7. The Morgan fingerprint density at radius 3 is 2.58 bits per heavy atom. The van der Waals surface area contributed by atoms with Gasteiger partial charge in [-0.05, 0) is 69.2 Å². The molecule has 0 unspecified atom stereocenters. The molecule has 128 valence electrons. The van der Waals surface area contributed by atoms with Crippen molar-refractivity contribution in [3.05, 3.63) is 35.1 Å². The SMILES string of the molecule is CC(C)N(C(=O)Cc1coc2cc3c(cc12)CCC3)C1CCCC1. The van der Waals surface area contributed by atoms with E-state index >= 15 is 0 Å². The summed E-state index contributed by atoms with van der Waals surface area (Å²) < 4.78 is 5.77. The quantitative estimate of drug-likeness (QED) is 0.820. The van der Waals surface area contributed by atoms with E-state index in [9.17, 15) is 4.79 Å². The number of hydrogen-bond donors (Lipinski definition) is 0. The molecule has 1 fully saturated rings. The van der Waals surface area contributed by atoms with E-state index in [1.54, 1.807) is 6.26 Å². The summed E-state index contributed by atoms with van der Waals surface area (Å²) in [4.78, 5) is 15.1. The van der Waals surface area contributed by atoms with Crippen LogP contribution in [0.2, 0.25) is 0 Å². The van der Waals surface area contributed by atoms with Crippen molar-refractivity contribution in [3.63, 3.8) is 0 Å². The van der Waals surface area contributed by atoms with Crippen molar-refractivity contribution in [2.75, 3.05) is 0 Å². The fraction of sp³-hybridized carbons (Fsp3) is 0.571. The van der Waals surface area contributed by atoms with Crippen molar-refractivity contribution in [2.45, 2.75) is 77.3 Å². The average Bonchev–Trinajstić information content (AvgIpc) is 3.26. The molecular weight excluding hydrogens is 298 g/mol. The Bertz CT molecular complexity index is 753. The fourth-order valence-electron chi connectivity index (χ4n) is 4.63. The highest BCUT2D eigenvalue weighted by Gasteiger charge is 2.29. The van der Waals surface area contributed by atoms with E-state index in [1.165, 1.54) is 30.4 Å². The molecule has 3 nitrogen and oxygen atoms in total. The second-order valence-corrected chi connectivity index (χ2v) is 7.74. The van der Waals surface area contributed by atoms with E-state index in [0.29, 0.717) is 12.5 Å². The van der Waals surface area contributed by atoms with E-state index < -0.39 is 0 Å². The van der Waals surface area contributed by atoms with Crippen molar-refractivity contribution in [2.24, 2.45) is 0 Å². The molecule has 2 aromatic rings. The summed E-state index contributed by atoms with van der Waals surface area (Å²) in [5.41, 5.74) is 4.85. The third-order valence-corrected chi connectivity index (χ3v) is 5.77. The third kappa shape index (κ3) is 2.74. The van der Waals surface area contributed by atoms with E-state index in [4.69, 9.17) is 4.42 Å². The van der Waals surface area contributed by atoms with Crippen molar-refractivity contribution in [1.82, 2.24) is 4.90 Å². The molecule has 0 saturated heterocycles. The predicted octanol–water partition coefficient (Wildman–Crippen LogP) is 4.64. The molecular formula is C21H27NO2. The van der Waals surface area contributed by atoms with Crippen molar-refractivity contribution < 1.29 is 9.21 Å². The zero-order chi connectivity index (χ0) is 16.7. The molecule has 1 saturated carbocycles. The Morgan fingerprint density at radius 2 is 1.88 bits per heavy atom. The van der Waals surface area contributed by atoms with Crippen molar-refractivity contribution in [3.8, 4) is 0 Å². The standard InChI is InChI=1S/C21H27NO2/c1-14(2)22(18-8-3-4-9-18)21(23)12-17-13-24-20-11-16-7-5-6-15(16)10-19(17)20/h10-11,13-14,18H,3-9,12H2,1-2H3. The number of aryl methyl sites for hydroxylation is 2. The minimum absolute atomic E-state index is 0.250. The zero-order valence-corrected chi connectivity index (χ0v) is 14.8. The summed E-state index contributed by atoms with van der Waals surface area (Å²) >= 11 is 0. The minimum Gasteiger partial charge on any atom is -0.464 e. The monoisotopic (exact) mass is 325 g/mol. The first-order valence-corrected chi connectivity index (χ1v) is 9.46. The summed E-state index contributed by atoms with van der Waals surface area (Å²) in [6.45, 7) is 4.27. The van der Waals surface area contributed by atoms with Gasteiger partial charge in [-0.3, -0.25) is 4.79 Å². The Hall–Kier alpha value is -1.77. The van der Waals surface area contributed by atoms with Crippen LogP contribution < -0.4 is 0 Å². The van der Waals surface area contributed by atoms with Crippen LogP contribution in [-0.2, 0) is 24.1 Å². The van der Waals surface area contributed by atoms with Crippen LogP contribution in [0.15, 0.2) is 22.8 Å². The summed E-state index contributed by atoms with van der Waals surface area (Å²) in [7, 11) is 0. The van der Waals surface area contributed by atoms with E-state index in [0.717, 1.165) is 42.2 Å². The van der Waals surface area contributed by atoms with Gasteiger partial charge < -0.3 is 9.32 Å². The molecule has 0 radical (unpaired) electrons. The largest absolute Gasteiger partial charge is 0.464 e. The number of carbonyl (C=O) groups is 1.